The second kappa shape index (κ2) is 26.5. The Morgan fingerprint density at radius 3 is 1.76 bits per heavy atom. The van der Waals surface area contributed by atoms with Crippen LogP contribution >= 0.6 is 0 Å². The van der Waals surface area contributed by atoms with Gasteiger partial charge in [0, 0.05) is 12.6 Å². The van der Waals surface area contributed by atoms with Gasteiger partial charge in [-0.25, -0.2) is 8.42 Å². The molecule has 0 unspecified atom stereocenters. The van der Waals surface area contributed by atoms with E-state index in [4.69, 9.17) is 0 Å². The number of rotatable bonds is 7. The van der Waals surface area contributed by atoms with E-state index in [1.54, 1.807) is 16.7 Å². The number of hydrogen-bond donors (Lipinski definition) is 3. The Kier molecular flexibility index (Phi) is 29.8. The lowest BCUT2D eigenvalue weighted by Crippen LogP contribution is -2.48. The Hall–Kier alpha value is -2.56. The molecule has 0 spiro atoms. The van der Waals surface area contributed by atoms with E-state index >= 15 is 0 Å². The zero-order valence-electron chi connectivity index (χ0n) is 24.2. The molecule has 0 aromatic heterocycles. The van der Waals surface area contributed by atoms with Gasteiger partial charge in [0.25, 0.3) is 0 Å². The van der Waals surface area contributed by atoms with Gasteiger partial charge in [0.15, 0.2) is 0 Å². The van der Waals surface area contributed by atoms with Crippen LogP contribution in [-0.2, 0) is 24.4 Å². The topological polar surface area (TPSA) is 125 Å². The number of carbonyl (C=O) groups excluding carboxylic acids is 3. The summed E-state index contributed by atoms with van der Waals surface area (Å²) in [6.45, 7) is 15.5. The van der Waals surface area contributed by atoms with Crippen molar-refractivity contribution in [1.29, 1.82) is 0 Å². The number of likely N-dealkylation sites (tertiary alicyclic amines) is 1. The highest BCUT2D eigenvalue weighted by atomic mass is 32.2. The van der Waals surface area contributed by atoms with Crippen LogP contribution in [0.3, 0.4) is 0 Å². The monoisotopic (exact) mass is 544 g/mol. The van der Waals surface area contributed by atoms with Crippen LogP contribution in [0.25, 0.3) is 0 Å². The molecule has 9 nitrogen and oxygen atoms in total. The van der Waals surface area contributed by atoms with Crippen molar-refractivity contribution in [2.24, 2.45) is 5.92 Å². The van der Waals surface area contributed by atoms with Crippen LogP contribution in [0.5, 0.6) is 0 Å². The molecule has 0 aromatic rings. The van der Waals surface area contributed by atoms with Gasteiger partial charge in [0.1, 0.15) is 6.04 Å². The van der Waals surface area contributed by atoms with E-state index in [2.05, 4.69) is 57.1 Å². The van der Waals surface area contributed by atoms with E-state index in [0.29, 0.717) is 32.0 Å². The highest BCUT2D eigenvalue weighted by Gasteiger charge is 2.36. The van der Waals surface area contributed by atoms with Crippen LogP contribution in [0.4, 0.5) is 0 Å². The number of amides is 3. The number of hydrogen-bond acceptors (Lipinski definition) is 6. The first-order chi connectivity index (χ1) is 17.6. The SMILES string of the molecule is C#C.C#C.CC.CC.CC(C)C.CNCC(=O)N1CCC[C@H]1C(=O)NC1CC1.O=CNS(=O)(=O)C1CC1. The molecule has 216 valence electrons. The summed E-state index contributed by atoms with van der Waals surface area (Å²) < 4.78 is 23.1. The van der Waals surface area contributed by atoms with Crippen molar-refractivity contribution in [2.45, 2.75) is 104 Å². The first kappa shape index (κ1) is 41.6. The molecule has 0 aromatic carbocycles. The molecule has 3 rings (SSSR count). The number of nitrogens with zero attached hydrogens (tertiary/aromatic N) is 1. The Morgan fingerprint density at radius 1 is 0.946 bits per heavy atom. The van der Waals surface area contributed by atoms with E-state index in [9.17, 15) is 22.8 Å². The Labute approximate surface area is 227 Å². The Morgan fingerprint density at radius 2 is 1.41 bits per heavy atom. The maximum atomic E-state index is 11.9. The quantitative estimate of drug-likeness (QED) is 0.334. The number of terminal acetylenes is 2. The minimum atomic E-state index is -3.26. The van der Waals surface area contributed by atoms with Crippen molar-refractivity contribution >= 4 is 28.2 Å². The van der Waals surface area contributed by atoms with Gasteiger partial charge in [-0.1, -0.05) is 48.5 Å². The fourth-order valence-corrected chi connectivity index (χ4v) is 3.74. The molecule has 0 bridgehead atoms. The molecule has 1 saturated heterocycles. The van der Waals surface area contributed by atoms with Gasteiger partial charge >= 0.3 is 0 Å². The van der Waals surface area contributed by atoms with Crippen LogP contribution in [-0.4, -0.2) is 69.0 Å². The third kappa shape index (κ3) is 22.4. The van der Waals surface area contributed by atoms with Crippen molar-refractivity contribution in [2.75, 3.05) is 20.1 Å². The lowest BCUT2D eigenvalue weighted by Gasteiger charge is -2.23. The normalized spacial score (nSPS) is 16.7. The summed E-state index contributed by atoms with van der Waals surface area (Å²) in [6, 6.07) is 0.135. The van der Waals surface area contributed by atoms with Gasteiger partial charge in [-0.05, 0) is 51.5 Å². The zero-order chi connectivity index (χ0) is 30.0. The maximum Gasteiger partial charge on any atom is 0.243 e. The first-order valence-electron chi connectivity index (χ1n) is 13.0. The predicted molar refractivity (Wildman–Crippen MR) is 154 cm³/mol. The third-order valence-corrected chi connectivity index (χ3v) is 6.08. The minimum Gasteiger partial charge on any atom is -0.352 e. The van der Waals surface area contributed by atoms with Crippen LogP contribution in [0.2, 0.25) is 0 Å². The van der Waals surface area contributed by atoms with Gasteiger partial charge in [-0.3, -0.25) is 19.1 Å². The summed E-state index contributed by atoms with van der Waals surface area (Å²) in [7, 11) is -1.51. The molecule has 0 radical (unpaired) electrons. The molecule has 10 heteroatoms. The van der Waals surface area contributed by atoms with E-state index in [1.165, 1.54) is 0 Å². The van der Waals surface area contributed by atoms with E-state index in [1.807, 2.05) is 27.7 Å². The molecule has 3 amide bonds. The molecule has 3 aliphatic rings. The second-order valence-electron chi connectivity index (χ2n) is 8.27. The average molecular weight is 545 g/mol. The van der Waals surface area contributed by atoms with Crippen LogP contribution in [0.1, 0.15) is 87.0 Å². The fourth-order valence-electron chi connectivity index (χ4n) is 2.66. The molecule has 1 heterocycles. The Bertz CT molecular complexity index is 719. The molecule has 1 atom stereocenters. The van der Waals surface area contributed by atoms with Crippen LogP contribution in [0, 0.1) is 31.6 Å². The summed E-state index contributed by atoms with van der Waals surface area (Å²) >= 11 is 0. The zero-order valence-corrected chi connectivity index (χ0v) is 25.1. The van der Waals surface area contributed by atoms with Crippen LogP contribution < -0.4 is 15.4 Å². The number of likely N-dealkylation sites (N-methyl/N-ethyl adjacent to an activating group) is 1. The van der Waals surface area contributed by atoms with E-state index in [-0.39, 0.29) is 29.5 Å². The molecule has 3 N–H and O–H groups in total. The summed E-state index contributed by atoms with van der Waals surface area (Å²) in [6.07, 6.45) is 21.5. The first-order valence-corrected chi connectivity index (χ1v) is 14.5. The number of nitrogens with one attached hydrogen (secondary N) is 3. The van der Waals surface area contributed by atoms with Crippen molar-refractivity contribution in [3.63, 3.8) is 0 Å². The molecule has 2 aliphatic carbocycles. The van der Waals surface area contributed by atoms with Crippen molar-refractivity contribution in [3.8, 4) is 25.7 Å². The summed E-state index contributed by atoms with van der Waals surface area (Å²) in [5, 5.41) is 5.50. The highest BCUT2D eigenvalue weighted by molar-refractivity contribution is 7.90. The molecular weight excluding hydrogens is 492 g/mol. The van der Waals surface area contributed by atoms with Crippen molar-refractivity contribution < 1.29 is 22.8 Å². The summed E-state index contributed by atoms with van der Waals surface area (Å²) in [4.78, 5) is 35.0. The molecular formula is C27H52N4O5S. The number of carbonyl (C=O) groups is 3. The maximum absolute atomic E-state index is 11.9. The highest BCUT2D eigenvalue weighted by Crippen LogP contribution is 2.26. The van der Waals surface area contributed by atoms with Gasteiger partial charge < -0.3 is 15.5 Å². The molecule has 2 saturated carbocycles. The predicted octanol–water partition coefficient (Wildman–Crippen LogP) is 2.91. The minimum absolute atomic E-state index is 0.0240. The number of sulfonamides is 1. The molecule has 37 heavy (non-hydrogen) atoms. The second-order valence-corrected chi connectivity index (χ2v) is 10.3. The lowest BCUT2D eigenvalue weighted by atomic mass is 10.2. The van der Waals surface area contributed by atoms with Crippen molar-refractivity contribution in [3.05, 3.63) is 0 Å². The largest absolute Gasteiger partial charge is 0.352 e. The molecule has 1 aliphatic heterocycles. The summed E-state index contributed by atoms with van der Waals surface area (Å²) in [5.74, 6) is 0.889. The van der Waals surface area contributed by atoms with Gasteiger partial charge in [0.05, 0.1) is 11.8 Å². The summed E-state index contributed by atoms with van der Waals surface area (Å²) in [5.41, 5.74) is 0. The Balaban J connectivity index is -0.000000220. The van der Waals surface area contributed by atoms with Crippen molar-refractivity contribution in [1.82, 2.24) is 20.3 Å². The third-order valence-electron chi connectivity index (χ3n) is 4.30. The van der Waals surface area contributed by atoms with E-state index in [0.717, 1.165) is 31.6 Å². The van der Waals surface area contributed by atoms with E-state index < -0.39 is 10.0 Å². The molecule has 3 fully saturated rings. The average Bonchev–Trinajstić information content (AvgIpc) is 3.83. The fraction of sp³-hybridized carbons (Fsp3) is 0.741. The van der Waals surface area contributed by atoms with Crippen LogP contribution in [0.15, 0.2) is 0 Å². The smallest absolute Gasteiger partial charge is 0.243 e. The standard InChI is InChI=1S/C11H19N3O2.C4H7NO3S.C4H10.2C2H6.2C2H2/c1-12-7-10(15)14-6-2-3-9(14)11(16)13-8-4-5-8;6-3-5-9(7,8)4-1-2-4;1-4(2)3;4*1-2/h8-9,12H,2-7H2,1H3,(H,13,16);3-4H,1-2H2,(H,5,6);4H,1-3H3;2*1-2H3;2*1-2H/t9-;;;;;;/m0....../s1. The lowest BCUT2D eigenvalue weighted by molar-refractivity contribution is -0.137. The van der Waals surface area contributed by atoms with Gasteiger partial charge in [-0.15, -0.1) is 25.7 Å². The van der Waals surface area contributed by atoms with Gasteiger partial charge in [0.2, 0.25) is 28.2 Å². The van der Waals surface area contributed by atoms with Gasteiger partial charge in [-0.2, -0.15) is 0 Å².